The summed E-state index contributed by atoms with van der Waals surface area (Å²) in [5.41, 5.74) is -1.01. The molecule has 0 aliphatic heterocycles. The third-order valence-corrected chi connectivity index (χ3v) is 10.6. The van der Waals surface area contributed by atoms with Crippen molar-refractivity contribution in [3.63, 3.8) is 0 Å². The van der Waals surface area contributed by atoms with Crippen LogP contribution in [0, 0.1) is 11.8 Å². The van der Waals surface area contributed by atoms with Gasteiger partial charge in [0.25, 0.3) is 5.91 Å². The predicted molar refractivity (Wildman–Crippen MR) is 202 cm³/mol. The molecule has 17 nitrogen and oxygen atoms in total. The number of likely N-dealkylation sites (N-methyl/N-ethyl adjacent to an activating group) is 1. The molecule has 2 aromatic carbocycles. The van der Waals surface area contributed by atoms with Gasteiger partial charge in [0.1, 0.15) is 29.4 Å². The Bertz CT molecular complexity index is 2190. The highest BCUT2D eigenvalue weighted by atomic mass is 19.4. The Hall–Kier alpha value is -6.15. The van der Waals surface area contributed by atoms with Crippen LogP contribution in [-0.4, -0.2) is 124 Å². The van der Waals surface area contributed by atoms with Gasteiger partial charge in [-0.3, -0.25) is 29.0 Å². The molecule has 0 bridgehead atoms. The number of ketones is 2. The number of anilines is 2. The lowest BCUT2D eigenvalue weighted by Crippen LogP contribution is -2.65. The second-order valence-electron chi connectivity index (χ2n) is 15.8. The van der Waals surface area contributed by atoms with Crippen molar-refractivity contribution in [3.05, 3.63) is 69.5 Å². The van der Waals surface area contributed by atoms with Crippen LogP contribution in [0.3, 0.4) is 0 Å². The number of esters is 1. The van der Waals surface area contributed by atoms with Gasteiger partial charge in [0.05, 0.1) is 28.4 Å². The summed E-state index contributed by atoms with van der Waals surface area (Å²) < 4.78 is 48.5. The summed E-state index contributed by atoms with van der Waals surface area (Å²) in [6.45, 7) is 3.00. The molecule has 3 aliphatic rings. The van der Waals surface area contributed by atoms with Gasteiger partial charge in [0.2, 0.25) is 18.5 Å². The number of alkyl halides is 3. The maximum Gasteiger partial charge on any atom is 0.416 e. The zero-order chi connectivity index (χ0) is 44.3. The van der Waals surface area contributed by atoms with E-state index in [9.17, 15) is 62.4 Å². The number of fused-ring (bicyclic) bond motifs is 3. The van der Waals surface area contributed by atoms with Gasteiger partial charge in [-0.05, 0) is 89.5 Å². The summed E-state index contributed by atoms with van der Waals surface area (Å²) >= 11 is 0. The largest absolute Gasteiger partial charge is 0.508 e. The monoisotopic (exact) mass is 831 g/mol. The molecule has 0 saturated heterocycles. The Labute approximate surface area is 335 Å². The number of amides is 3. The highest BCUT2D eigenvalue weighted by molar-refractivity contribution is 6.24. The first-order chi connectivity index (χ1) is 27.2. The Kier molecular flexibility index (Phi) is 11.6. The van der Waals surface area contributed by atoms with Gasteiger partial charge >= 0.3 is 18.2 Å². The number of aliphatic hydroxyl groups excluding tert-OH is 2. The molecule has 4 atom stereocenters. The number of carbonyl (C=O) groups excluding carboxylic acids is 6. The van der Waals surface area contributed by atoms with Crippen LogP contribution in [0.2, 0.25) is 0 Å². The molecule has 0 radical (unpaired) electrons. The first-order valence-corrected chi connectivity index (χ1v) is 18.0. The topological polar surface area (TPSA) is 250 Å². The van der Waals surface area contributed by atoms with Gasteiger partial charge in [-0.2, -0.15) is 13.2 Å². The number of carbonyl (C=O) groups is 6. The summed E-state index contributed by atoms with van der Waals surface area (Å²) in [5.74, 6) is -10.3. The number of Topliss-reactive ketones (excluding diaryl/α,β-unsaturated/α-hetero) is 2. The van der Waals surface area contributed by atoms with E-state index in [2.05, 4.69) is 5.32 Å². The number of primary amides is 1. The van der Waals surface area contributed by atoms with E-state index < -0.39 is 118 Å². The van der Waals surface area contributed by atoms with Crippen LogP contribution in [-0.2, 0) is 41.2 Å². The molecule has 5 rings (SSSR count). The minimum Gasteiger partial charge on any atom is -0.508 e. The minimum atomic E-state index is -4.62. The average Bonchev–Trinajstić information content (AvgIpc) is 3.11. The quantitative estimate of drug-likeness (QED) is 0.0921. The zero-order valence-corrected chi connectivity index (χ0v) is 33.1. The fraction of sp³-hybridized carbons (Fsp3) is 0.436. The second-order valence-corrected chi connectivity index (χ2v) is 15.8. The van der Waals surface area contributed by atoms with E-state index in [0.29, 0.717) is 23.4 Å². The number of phenolic OH excluding ortho intramolecular Hbond substituents is 1. The molecule has 7 N–H and O–H groups in total. The van der Waals surface area contributed by atoms with Crippen molar-refractivity contribution in [3.8, 4) is 5.75 Å². The van der Waals surface area contributed by atoms with Crippen molar-refractivity contribution in [1.29, 1.82) is 0 Å². The number of aromatic hydroxyl groups is 1. The molecular weight excluding hydrogens is 787 g/mol. The van der Waals surface area contributed by atoms with Gasteiger partial charge in [-0.1, -0.05) is 0 Å². The Morgan fingerprint density at radius 1 is 0.983 bits per heavy atom. The first kappa shape index (κ1) is 44.0. The normalized spacial score (nSPS) is 21.7. The first-order valence-electron chi connectivity index (χ1n) is 18.0. The Morgan fingerprint density at radius 3 is 2.12 bits per heavy atom. The van der Waals surface area contributed by atoms with Crippen molar-refractivity contribution < 1.29 is 71.8 Å². The van der Waals surface area contributed by atoms with Gasteiger partial charge in [-0.15, -0.1) is 0 Å². The van der Waals surface area contributed by atoms with Gasteiger partial charge < -0.3 is 45.9 Å². The van der Waals surface area contributed by atoms with Gasteiger partial charge in [-0.25, -0.2) is 9.59 Å². The SMILES string of the molecule is CN(C)c1cc(NC(=O)CN(C(=O)OCOC(=O)c2ccc(C(F)(F)F)cc2)C(C)(C)C)c(O)c2c1C[C@H]1C[C@H]3[C@H](N(C)C)C(=O)C(C(N)=O)=C(O)[C@@]3(O)C(=O)C1=C2O. The number of nitrogens with one attached hydrogen (secondary N) is 1. The molecule has 59 heavy (non-hydrogen) atoms. The number of nitrogens with two attached hydrogens (primary N) is 1. The van der Waals surface area contributed by atoms with Crippen molar-refractivity contribution in [2.24, 2.45) is 17.6 Å². The highest BCUT2D eigenvalue weighted by Crippen LogP contribution is 2.54. The molecule has 3 aliphatic carbocycles. The van der Waals surface area contributed by atoms with Crippen LogP contribution >= 0.6 is 0 Å². The van der Waals surface area contributed by atoms with Crippen LogP contribution in [0.25, 0.3) is 5.76 Å². The molecule has 1 saturated carbocycles. The maximum atomic E-state index is 14.3. The van der Waals surface area contributed by atoms with E-state index >= 15 is 0 Å². The highest BCUT2D eigenvalue weighted by Gasteiger charge is 2.64. The number of halogens is 3. The summed E-state index contributed by atoms with van der Waals surface area (Å²) in [5, 5.41) is 48.9. The van der Waals surface area contributed by atoms with Crippen molar-refractivity contribution >= 4 is 52.6 Å². The van der Waals surface area contributed by atoms with Gasteiger partial charge in [0.15, 0.2) is 11.4 Å². The molecular formula is C39H44F3N5O12. The summed E-state index contributed by atoms with van der Waals surface area (Å²) in [7, 11) is 6.25. The minimum absolute atomic E-state index is 0.0169. The maximum absolute atomic E-state index is 14.3. The summed E-state index contributed by atoms with van der Waals surface area (Å²) in [6, 6.07) is 3.27. The molecule has 0 heterocycles. The molecule has 0 spiro atoms. The molecule has 20 heteroatoms. The lowest BCUT2D eigenvalue weighted by atomic mass is 9.57. The lowest BCUT2D eigenvalue weighted by Gasteiger charge is -2.50. The number of aliphatic hydroxyl groups is 3. The fourth-order valence-electron chi connectivity index (χ4n) is 7.79. The van der Waals surface area contributed by atoms with E-state index in [1.54, 1.807) is 39.8 Å². The summed E-state index contributed by atoms with van der Waals surface area (Å²) in [6.07, 6.45) is -5.91. The number of phenols is 1. The number of ether oxygens (including phenoxy) is 2. The molecule has 318 valence electrons. The zero-order valence-electron chi connectivity index (χ0n) is 33.1. The average molecular weight is 832 g/mol. The van der Waals surface area contributed by atoms with E-state index in [1.165, 1.54) is 25.1 Å². The van der Waals surface area contributed by atoms with E-state index in [1.807, 2.05) is 0 Å². The Balaban J connectivity index is 1.41. The van der Waals surface area contributed by atoms with Crippen molar-refractivity contribution in [1.82, 2.24) is 9.80 Å². The molecule has 3 amide bonds. The third-order valence-electron chi connectivity index (χ3n) is 10.6. The van der Waals surface area contributed by atoms with Crippen LogP contribution in [0.15, 0.2) is 47.2 Å². The third kappa shape index (κ3) is 7.88. The smallest absolute Gasteiger partial charge is 0.416 e. The van der Waals surface area contributed by atoms with Gasteiger partial charge in [0, 0.05) is 36.8 Å². The number of hydrogen-bond acceptors (Lipinski definition) is 14. The van der Waals surface area contributed by atoms with Crippen molar-refractivity contribution in [2.45, 2.75) is 57.0 Å². The number of benzene rings is 2. The van der Waals surface area contributed by atoms with E-state index in [4.69, 9.17) is 15.2 Å². The summed E-state index contributed by atoms with van der Waals surface area (Å²) in [4.78, 5) is 82.9. The van der Waals surface area contributed by atoms with Crippen molar-refractivity contribution in [2.75, 3.05) is 51.7 Å². The van der Waals surface area contributed by atoms with E-state index in [-0.39, 0.29) is 29.7 Å². The molecule has 0 aromatic heterocycles. The number of rotatable bonds is 9. The number of hydrogen-bond donors (Lipinski definition) is 6. The second kappa shape index (κ2) is 15.6. The molecule has 2 aromatic rings. The van der Waals surface area contributed by atoms with Crippen LogP contribution in [0.5, 0.6) is 5.75 Å². The van der Waals surface area contributed by atoms with Crippen LogP contribution in [0.4, 0.5) is 29.3 Å². The lowest BCUT2D eigenvalue weighted by molar-refractivity contribution is -0.153. The molecule has 1 fully saturated rings. The molecule has 0 unspecified atom stereocenters. The fourth-order valence-corrected chi connectivity index (χ4v) is 7.79. The van der Waals surface area contributed by atoms with E-state index in [0.717, 1.165) is 17.0 Å². The van der Waals surface area contributed by atoms with Crippen LogP contribution < -0.4 is 16.0 Å². The standard InChI is InChI=1S/C39H44F3N5O12/c1-37(2,3)47(36(56)59-16-58-35(55)17-8-10-19(11-9-17)39(40,41)42)15-24(48)44-22-14-23(45(4)5)20-12-18-13-21-28(46(6)7)31(51)27(34(43)54)33(53)38(21,57)32(52)25(18)30(50)26(20)29(22)49/h8-11,14,18,21,28,49-50,53,57H,12-13,15-16H2,1-7H3,(H2,43,54)(H,44,48)/t18-,21-,28-,38-/m0/s1. The Morgan fingerprint density at radius 2 is 1.59 bits per heavy atom. The van der Waals surface area contributed by atoms with Crippen LogP contribution in [0.1, 0.15) is 54.2 Å². The predicted octanol–water partition coefficient (Wildman–Crippen LogP) is 3.04. The number of nitrogens with zero attached hydrogens (tertiary/aromatic N) is 3.